The molecule has 1 aliphatic rings. The van der Waals surface area contributed by atoms with Gasteiger partial charge in [-0.05, 0) is 52.1 Å². The van der Waals surface area contributed by atoms with E-state index in [0.29, 0.717) is 11.6 Å². The number of nitrogens with one attached hydrogen (secondary N) is 2. The van der Waals surface area contributed by atoms with Gasteiger partial charge in [0.2, 0.25) is 0 Å². The molecule has 0 saturated heterocycles. The van der Waals surface area contributed by atoms with Crippen molar-refractivity contribution < 1.29 is 4.79 Å². The first-order valence-electron chi connectivity index (χ1n) is 7.45. The number of nitrogens with zero attached hydrogens (tertiary/aromatic N) is 2. The molecule has 1 saturated carbocycles. The number of carbonyl (C=O) groups is 1. The lowest BCUT2D eigenvalue weighted by Crippen LogP contribution is -2.41. The van der Waals surface area contributed by atoms with Crippen molar-refractivity contribution in [3.8, 4) is 0 Å². The van der Waals surface area contributed by atoms with Crippen LogP contribution in [0, 0.1) is 6.92 Å². The van der Waals surface area contributed by atoms with Crippen LogP contribution in [0.25, 0.3) is 0 Å². The summed E-state index contributed by atoms with van der Waals surface area (Å²) in [6, 6.07) is 2.71. The fourth-order valence-electron chi connectivity index (χ4n) is 2.76. The van der Waals surface area contributed by atoms with E-state index in [1.807, 2.05) is 27.0 Å². The number of hydrogen-bond acceptors (Lipinski definition) is 4. The second-order valence-electron chi connectivity index (χ2n) is 5.51. The molecule has 5 nitrogen and oxygen atoms in total. The zero-order valence-electron chi connectivity index (χ0n) is 12.6. The monoisotopic (exact) mass is 276 g/mol. The summed E-state index contributed by atoms with van der Waals surface area (Å²) in [5.41, 5.74) is 2.24. The third kappa shape index (κ3) is 3.54. The largest absolute Gasteiger partial charge is 0.349 e. The zero-order valence-corrected chi connectivity index (χ0v) is 12.6. The van der Waals surface area contributed by atoms with E-state index in [0.717, 1.165) is 43.5 Å². The SMILES string of the molecule is CCc1nnc(C)cc1C(=O)NC1CCC(NC)CC1. The van der Waals surface area contributed by atoms with E-state index in [1.165, 1.54) is 0 Å². The third-order valence-electron chi connectivity index (χ3n) is 4.04. The molecule has 0 atom stereocenters. The van der Waals surface area contributed by atoms with Crippen molar-refractivity contribution in [2.45, 2.75) is 58.0 Å². The van der Waals surface area contributed by atoms with Crippen molar-refractivity contribution in [1.82, 2.24) is 20.8 Å². The van der Waals surface area contributed by atoms with Crippen LogP contribution >= 0.6 is 0 Å². The molecule has 20 heavy (non-hydrogen) atoms. The second kappa shape index (κ2) is 6.79. The first kappa shape index (κ1) is 14.9. The molecule has 5 heteroatoms. The van der Waals surface area contributed by atoms with Crippen LogP contribution in [0.3, 0.4) is 0 Å². The number of hydrogen-bond donors (Lipinski definition) is 2. The fourth-order valence-corrected chi connectivity index (χ4v) is 2.76. The molecule has 0 aliphatic heterocycles. The first-order valence-corrected chi connectivity index (χ1v) is 7.45. The molecule has 2 N–H and O–H groups in total. The quantitative estimate of drug-likeness (QED) is 0.876. The van der Waals surface area contributed by atoms with Crippen molar-refractivity contribution in [1.29, 1.82) is 0 Å². The maximum absolute atomic E-state index is 12.4. The number of carbonyl (C=O) groups excluding carboxylic acids is 1. The van der Waals surface area contributed by atoms with Crippen molar-refractivity contribution in [3.05, 3.63) is 23.0 Å². The molecular formula is C15H24N4O. The summed E-state index contributed by atoms with van der Waals surface area (Å²) in [6.45, 7) is 3.86. The fraction of sp³-hybridized carbons (Fsp3) is 0.667. The molecule has 1 aromatic rings. The summed E-state index contributed by atoms with van der Waals surface area (Å²) >= 11 is 0. The summed E-state index contributed by atoms with van der Waals surface area (Å²) in [5, 5.41) is 14.6. The van der Waals surface area contributed by atoms with Crippen molar-refractivity contribution >= 4 is 5.91 Å². The van der Waals surface area contributed by atoms with Crippen LogP contribution in [0.4, 0.5) is 0 Å². The second-order valence-corrected chi connectivity index (χ2v) is 5.51. The van der Waals surface area contributed by atoms with E-state index in [2.05, 4.69) is 20.8 Å². The molecule has 0 radical (unpaired) electrons. The predicted molar refractivity (Wildman–Crippen MR) is 78.7 cm³/mol. The molecule has 0 unspecified atom stereocenters. The van der Waals surface area contributed by atoms with Gasteiger partial charge in [-0.1, -0.05) is 6.92 Å². The van der Waals surface area contributed by atoms with Gasteiger partial charge >= 0.3 is 0 Å². The Labute approximate surface area is 120 Å². The van der Waals surface area contributed by atoms with Crippen LogP contribution in [-0.2, 0) is 6.42 Å². The maximum atomic E-state index is 12.4. The van der Waals surface area contributed by atoms with E-state index in [-0.39, 0.29) is 11.9 Å². The highest BCUT2D eigenvalue weighted by Gasteiger charge is 2.22. The van der Waals surface area contributed by atoms with Gasteiger partial charge in [0.25, 0.3) is 5.91 Å². The van der Waals surface area contributed by atoms with E-state index in [9.17, 15) is 4.79 Å². The van der Waals surface area contributed by atoms with Gasteiger partial charge in [-0.25, -0.2) is 0 Å². The average Bonchev–Trinajstić information content (AvgIpc) is 2.48. The van der Waals surface area contributed by atoms with Gasteiger partial charge in [0.05, 0.1) is 17.0 Å². The molecule has 110 valence electrons. The van der Waals surface area contributed by atoms with Gasteiger partial charge in [0, 0.05) is 12.1 Å². The minimum Gasteiger partial charge on any atom is -0.349 e. The van der Waals surface area contributed by atoms with Gasteiger partial charge in [0.1, 0.15) is 0 Å². The lowest BCUT2D eigenvalue weighted by Gasteiger charge is -2.29. The van der Waals surface area contributed by atoms with Crippen LogP contribution in [0.5, 0.6) is 0 Å². The zero-order chi connectivity index (χ0) is 14.5. The standard InChI is InChI=1S/C15H24N4O/c1-4-14-13(9-10(2)18-19-14)15(20)17-12-7-5-11(16-3)6-8-12/h9,11-12,16H,4-8H2,1-3H3,(H,17,20). The minimum atomic E-state index is -0.00671. The Morgan fingerprint density at radius 2 is 1.90 bits per heavy atom. The number of aromatic nitrogens is 2. The van der Waals surface area contributed by atoms with E-state index >= 15 is 0 Å². The number of rotatable bonds is 4. The Hall–Kier alpha value is -1.49. The third-order valence-corrected chi connectivity index (χ3v) is 4.04. The molecule has 0 spiro atoms. The van der Waals surface area contributed by atoms with E-state index in [1.54, 1.807) is 0 Å². The Kier molecular flexibility index (Phi) is 5.06. The highest BCUT2D eigenvalue weighted by Crippen LogP contribution is 2.19. The summed E-state index contributed by atoms with van der Waals surface area (Å²) in [4.78, 5) is 12.4. The molecule has 0 aromatic carbocycles. The molecular weight excluding hydrogens is 252 g/mol. The first-order chi connectivity index (χ1) is 9.63. The van der Waals surface area contributed by atoms with Gasteiger partial charge in [-0.15, -0.1) is 0 Å². The summed E-state index contributed by atoms with van der Waals surface area (Å²) < 4.78 is 0. The van der Waals surface area contributed by atoms with Gasteiger partial charge in [-0.3, -0.25) is 4.79 Å². The summed E-state index contributed by atoms with van der Waals surface area (Å²) in [6.07, 6.45) is 5.04. The van der Waals surface area contributed by atoms with Crippen molar-refractivity contribution in [2.24, 2.45) is 0 Å². The summed E-state index contributed by atoms with van der Waals surface area (Å²) in [5.74, 6) is -0.00671. The highest BCUT2D eigenvalue weighted by molar-refractivity contribution is 5.95. The van der Waals surface area contributed by atoms with E-state index in [4.69, 9.17) is 0 Å². The Bertz CT molecular complexity index is 467. The van der Waals surface area contributed by atoms with Crippen LogP contribution < -0.4 is 10.6 Å². The van der Waals surface area contributed by atoms with E-state index < -0.39 is 0 Å². The van der Waals surface area contributed by atoms with Gasteiger partial charge < -0.3 is 10.6 Å². The molecule has 1 amide bonds. The van der Waals surface area contributed by atoms with Crippen LogP contribution in [-0.4, -0.2) is 35.2 Å². The lowest BCUT2D eigenvalue weighted by molar-refractivity contribution is 0.0923. The Morgan fingerprint density at radius 3 is 2.50 bits per heavy atom. The smallest absolute Gasteiger partial charge is 0.253 e. The molecule has 1 heterocycles. The lowest BCUT2D eigenvalue weighted by atomic mass is 9.91. The minimum absolute atomic E-state index is 0.00671. The Balaban J connectivity index is 2.00. The van der Waals surface area contributed by atoms with Gasteiger partial charge in [-0.2, -0.15) is 10.2 Å². The topological polar surface area (TPSA) is 66.9 Å². The average molecular weight is 276 g/mol. The number of amides is 1. The molecule has 1 aliphatic carbocycles. The van der Waals surface area contributed by atoms with Crippen LogP contribution in [0.2, 0.25) is 0 Å². The summed E-state index contributed by atoms with van der Waals surface area (Å²) in [7, 11) is 2.00. The van der Waals surface area contributed by atoms with Gasteiger partial charge in [0.15, 0.2) is 0 Å². The highest BCUT2D eigenvalue weighted by atomic mass is 16.1. The van der Waals surface area contributed by atoms with Crippen LogP contribution in [0.15, 0.2) is 6.07 Å². The molecule has 2 rings (SSSR count). The van der Waals surface area contributed by atoms with Crippen molar-refractivity contribution in [2.75, 3.05) is 7.05 Å². The Morgan fingerprint density at radius 1 is 1.25 bits per heavy atom. The molecule has 1 fully saturated rings. The van der Waals surface area contributed by atoms with Crippen molar-refractivity contribution in [3.63, 3.8) is 0 Å². The maximum Gasteiger partial charge on any atom is 0.253 e. The number of aryl methyl sites for hydroxylation is 2. The molecule has 1 aromatic heterocycles. The van der Waals surface area contributed by atoms with Crippen LogP contribution in [0.1, 0.15) is 54.4 Å². The normalized spacial score (nSPS) is 22.6. The molecule has 0 bridgehead atoms. The predicted octanol–water partition coefficient (Wildman–Crippen LogP) is 1.61.